The van der Waals surface area contributed by atoms with Crippen LogP contribution in [-0.2, 0) is 0 Å². The van der Waals surface area contributed by atoms with Crippen LogP contribution in [0.4, 0.5) is 4.79 Å². The third-order valence-corrected chi connectivity index (χ3v) is 0. The molecule has 0 aromatic carbocycles. The molecule has 0 bridgehead atoms. The van der Waals surface area contributed by atoms with Crippen molar-refractivity contribution < 1.29 is 15.4 Å². The maximum absolute atomic E-state index is 8.78. The third-order valence-electron chi connectivity index (χ3n) is 0. The second kappa shape index (κ2) is 19.2. The van der Waals surface area contributed by atoms with E-state index in [9.17, 15) is 0 Å². The van der Waals surface area contributed by atoms with Crippen LogP contribution in [0.2, 0.25) is 0 Å². The standard InChI is InChI=1S/CH3NO2.H4N2.H2O/c2-1(3)4;1-2;/h2H2,(H,3,4);1-2H2;1H2. The molecule has 0 radical (unpaired) electrons. The quantitative estimate of drug-likeness (QED) is 0.204. The van der Waals surface area contributed by atoms with Crippen molar-refractivity contribution in [3.63, 3.8) is 0 Å². The largest absolute Gasteiger partial charge is 0.465 e. The van der Waals surface area contributed by atoms with E-state index < -0.39 is 6.09 Å². The lowest BCUT2D eigenvalue weighted by atomic mass is 11.3. The summed E-state index contributed by atoms with van der Waals surface area (Å²) in [6.45, 7) is 0. The van der Waals surface area contributed by atoms with Gasteiger partial charge in [0.2, 0.25) is 0 Å². The topological polar surface area (TPSA) is 147 Å². The lowest BCUT2D eigenvalue weighted by Gasteiger charge is -1.61. The number of carboxylic acid groups (broad SMARTS) is 1. The fourth-order valence-electron chi connectivity index (χ4n) is 0. The molecule has 6 nitrogen and oxygen atoms in total. The van der Waals surface area contributed by atoms with Gasteiger partial charge >= 0.3 is 6.09 Å². The molecule has 9 N–H and O–H groups in total. The van der Waals surface area contributed by atoms with Gasteiger partial charge in [0.15, 0.2) is 0 Å². The molecule has 0 unspecified atom stereocenters. The minimum absolute atomic E-state index is 0. The highest BCUT2D eigenvalue weighted by Gasteiger charge is 1.65. The summed E-state index contributed by atoms with van der Waals surface area (Å²) in [5.41, 5.74) is 4.03. The fourth-order valence-corrected chi connectivity index (χ4v) is 0. The number of amides is 1. The molecule has 46 valence electrons. The molecule has 0 atom stereocenters. The number of rotatable bonds is 0. The lowest BCUT2D eigenvalue weighted by Crippen LogP contribution is -2.03. The number of hydrogen-bond donors (Lipinski definition) is 4. The summed E-state index contributed by atoms with van der Waals surface area (Å²) in [5.74, 6) is 8.00. The Morgan fingerprint density at radius 1 is 1.43 bits per heavy atom. The van der Waals surface area contributed by atoms with Gasteiger partial charge in [-0.15, -0.1) is 0 Å². The minimum atomic E-state index is -1.33. The Morgan fingerprint density at radius 3 is 1.43 bits per heavy atom. The van der Waals surface area contributed by atoms with Crippen molar-refractivity contribution in [3.8, 4) is 0 Å². The van der Waals surface area contributed by atoms with E-state index in [0.717, 1.165) is 0 Å². The maximum Gasteiger partial charge on any atom is 0.402 e. The number of primary amides is 1. The fraction of sp³-hybridized carbons (Fsp3) is 0. The lowest BCUT2D eigenvalue weighted by molar-refractivity contribution is 0.205. The van der Waals surface area contributed by atoms with Gasteiger partial charge in [0.25, 0.3) is 0 Å². The Hall–Kier alpha value is -0.850. The monoisotopic (exact) mass is 111 g/mol. The van der Waals surface area contributed by atoms with Gasteiger partial charge in [-0.25, -0.2) is 4.79 Å². The summed E-state index contributed by atoms with van der Waals surface area (Å²) in [6, 6.07) is 0. The van der Waals surface area contributed by atoms with Crippen molar-refractivity contribution in [1.82, 2.24) is 0 Å². The van der Waals surface area contributed by atoms with Gasteiger partial charge < -0.3 is 16.3 Å². The molecule has 0 aromatic rings. The summed E-state index contributed by atoms with van der Waals surface area (Å²) in [7, 11) is 0. The van der Waals surface area contributed by atoms with Crippen molar-refractivity contribution in [1.29, 1.82) is 0 Å². The highest BCUT2D eigenvalue weighted by atomic mass is 16.4. The van der Waals surface area contributed by atoms with Crippen LogP contribution in [-0.4, -0.2) is 16.7 Å². The summed E-state index contributed by atoms with van der Waals surface area (Å²) in [5, 5.41) is 7.19. The summed E-state index contributed by atoms with van der Waals surface area (Å²) < 4.78 is 0. The van der Waals surface area contributed by atoms with E-state index in [4.69, 9.17) is 9.90 Å². The van der Waals surface area contributed by atoms with E-state index in [1.165, 1.54) is 0 Å². The molecule has 0 aromatic heterocycles. The maximum atomic E-state index is 8.78. The molecule has 0 saturated carbocycles. The van der Waals surface area contributed by atoms with Gasteiger partial charge in [-0.2, -0.15) is 0 Å². The molecule has 0 aliphatic rings. The van der Waals surface area contributed by atoms with Crippen molar-refractivity contribution in [2.24, 2.45) is 17.4 Å². The first-order valence-corrected chi connectivity index (χ1v) is 1.05. The average Bonchev–Trinajstić information content (AvgIpc) is 1.41. The molecule has 0 spiro atoms. The Kier molecular flexibility index (Phi) is 45.1. The van der Waals surface area contributed by atoms with Crippen LogP contribution in [0.3, 0.4) is 0 Å². The SMILES string of the molecule is NC(=O)O.NN.O. The van der Waals surface area contributed by atoms with E-state index in [2.05, 4.69) is 17.4 Å². The summed E-state index contributed by atoms with van der Waals surface area (Å²) in [6.07, 6.45) is -1.33. The first kappa shape index (κ1) is 16.4. The van der Waals surface area contributed by atoms with Crippen LogP contribution in [0.5, 0.6) is 0 Å². The Labute approximate surface area is 40.2 Å². The summed E-state index contributed by atoms with van der Waals surface area (Å²) >= 11 is 0. The van der Waals surface area contributed by atoms with E-state index in [1.54, 1.807) is 0 Å². The van der Waals surface area contributed by atoms with Crippen LogP contribution in [0.25, 0.3) is 0 Å². The first-order valence-electron chi connectivity index (χ1n) is 1.05. The van der Waals surface area contributed by atoms with Crippen molar-refractivity contribution in [2.75, 3.05) is 0 Å². The second-order valence-electron chi connectivity index (χ2n) is 0.338. The molecule has 1 amide bonds. The molecule has 0 heterocycles. The Bertz CT molecular complexity index is 33.2. The zero-order valence-corrected chi connectivity index (χ0v) is 3.59. The predicted molar refractivity (Wildman–Crippen MR) is 24.2 cm³/mol. The highest BCUT2D eigenvalue weighted by Crippen LogP contribution is 1.34. The normalized spacial score (nSPS) is 4.29. The zero-order valence-electron chi connectivity index (χ0n) is 3.59. The second-order valence-corrected chi connectivity index (χ2v) is 0.338. The van der Waals surface area contributed by atoms with E-state index >= 15 is 0 Å². The number of hydrazine groups is 1. The minimum Gasteiger partial charge on any atom is -0.465 e. The Morgan fingerprint density at radius 2 is 1.43 bits per heavy atom. The summed E-state index contributed by atoms with van der Waals surface area (Å²) in [4.78, 5) is 8.78. The van der Waals surface area contributed by atoms with Gasteiger partial charge in [-0.1, -0.05) is 0 Å². The van der Waals surface area contributed by atoms with E-state index in [1.807, 2.05) is 0 Å². The third kappa shape index (κ3) is 70.7. The van der Waals surface area contributed by atoms with E-state index in [-0.39, 0.29) is 5.48 Å². The van der Waals surface area contributed by atoms with E-state index in [0.29, 0.717) is 0 Å². The predicted octanol–water partition coefficient (Wildman–Crippen LogP) is -2.38. The average molecular weight is 111 g/mol. The zero-order chi connectivity index (χ0) is 5.58. The van der Waals surface area contributed by atoms with Gasteiger partial charge in [-0.3, -0.25) is 11.7 Å². The molecule has 0 fully saturated rings. The highest BCUT2D eigenvalue weighted by molar-refractivity contribution is 5.61. The molecule has 0 saturated heterocycles. The van der Waals surface area contributed by atoms with Crippen molar-refractivity contribution >= 4 is 6.09 Å². The molecular weight excluding hydrogens is 102 g/mol. The van der Waals surface area contributed by atoms with Crippen LogP contribution in [0.1, 0.15) is 0 Å². The number of carbonyl (C=O) groups is 1. The van der Waals surface area contributed by atoms with Gasteiger partial charge in [-0.05, 0) is 0 Å². The molecule has 0 rings (SSSR count). The van der Waals surface area contributed by atoms with Crippen molar-refractivity contribution in [2.45, 2.75) is 0 Å². The van der Waals surface area contributed by atoms with Crippen LogP contribution in [0, 0.1) is 0 Å². The first-order chi connectivity index (χ1) is 2.73. The Balaban J connectivity index is -0.0000000480. The van der Waals surface area contributed by atoms with Gasteiger partial charge in [0, 0.05) is 0 Å². The number of nitrogens with two attached hydrogens (primary N) is 3. The molecule has 0 aliphatic heterocycles. The van der Waals surface area contributed by atoms with Gasteiger partial charge in [0.1, 0.15) is 0 Å². The molecule has 7 heavy (non-hydrogen) atoms. The molecule has 0 aliphatic carbocycles. The smallest absolute Gasteiger partial charge is 0.402 e. The molecular formula is CH9N3O3. The van der Waals surface area contributed by atoms with Crippen LogP contribution >= 0.6 is 0 Å². The van der Waals surface area contributed by atoms with Crippen LogP contribution < -0.4 is 17.4 Å². The van der Waals surface area contributed by atoms with Gasteiger partial charge in [0.05, 0.1) is 0 Å². The molecule has 6 heteroatoms. The van der Waals surface area contributed by atoms with Crippen molar-refractivity contribution in [3.05, 3.63) is 0 Å². The van der Waals surface area contributed by atoms with Crippen LogP contribution in [0.15, 0.2) is 0 Å². The number of hydrogen-bond acceptors (Lipinski definition) is 3.